The fraction of sp³-hybridized carbons (Fsp3) is 0.933. The molecule has 0 N–H and O–H groups in total. The summed E-state index contributed by atoms with van der Waals surface area (Å²) >= 11 is 0. The van der Waals surface area contributed by atoms with Crippen LogP contribution in [0, 0.1) is 17.8 Å². The summed E-state index contributed by atoms with van der Waals surface area (Å²) in [5.41, 5.74) is -0.105. The molecule has 0 saturated carbocycles. The van der Waals surface area contributed by atoms with Crippen molar-refractivity contribution in [3.63, 3.8) is 0 Å². The minimum atomic E-state index is -0.217. The first-order valence-corrected chi connectivity index (χ1v) is 14.1. The highest BCUT2D eigenvalue weighted by atomic mass is 16.2. The van der Waals surface area contributed by atoms with Gasteiger partial charge in [-0.1, -0.05) is 32.6 Å². The van der Waals surface area contributed by atoms with Crippen molar-refractivity contribution in [2.75, 3.05) is 14.1 Å². The lowest BCUT2D eigenvalue weighted by molar-refractivity contribution is -0.154. The molecule has 0 radical (unpaired) electrons. The van der Waals surface area contributed by atoms with Crippen molar-refractivity contribution < 1.29 is 9.59 Å². The Morgan fingerprint density at radius 3 is 1.56 bits per heavy atom. The van der Waals surface area contributed by atoms with Crippen molar-refractivity contribution in [3.05, 3.63) is 0 Å². The number of hydrogen-bond acceptors (Lipinski definition) is 4. The zero-order valence-electron chi connectivity index (χ0n) is 24.5. The molecular formula is C30H56N2O2. The summed E-state index contributed by atoms with van der Waals surface area (Å²) in [4.78, 5) is 32.4. The van der Waals surface area contributed by atoms with Gasteiger partial charge in [-0.05, 0) is 113 Å². The first kappa shape index (κ1) is 29.5. The van der Waals surface area contributed by atoms with Crippen LogP contribution in [0.5, 0.6) is 0 Å². The van der Waals surface area contributed by atoms with Crippen LogP contribution in [0.1, 0.15) is 127 Å². The van der Waals surface area contributed by atoms with Gasteiger partial charge in [0.15, 0.2) is 5.78 Å². The van der Waals surface area contributed by atoms with E-state index in [1.807, 2.05) is 0 Å². The Bertz CT molecular complexity index is 679. The van der Waals surface area contributed by atoms with Crippen LogP contribution >= 0.6 is 0 Å². The average Bonchev–Trinajstić information content (AvgIpc) is 2.73. The highest BCUT2D eigenvalue weighted by molar-refractivity contribution is 6.38. The molecule has 2 aliphatic rings. The minimum absolute atomic E-state index is 0.0761. The number of nitrogens with zero attached hydrogens (tertiary/aromatic N) is 2. The molecule has 0 spiro atoms. The lowest BCUT2D eigenvalue weighted by Crippen LogP contribution is -2.67. The minimum Gasteiger partial charge on any atom is -0.296 e. The van der Waals surface area contributed by atoms with E-state index in [0.717, 1.165) is 44.9 Å². The Kier molecular flexibility index (Phi) is 9.29. The third-order valence-corrected chi connectivity index (χ3v) is 10.4. The molecule has 0 amide bonds. The molecule has 0 bridgehead atoms. The van der Waals surface area contributed by atoms with Crippen molar-refractivity contribution in [2.45, 2.75) is 149 Å². The second-order valence-corrected chi connectivity index (χ2v) is 13.8. The van der Waals surface area contributed by atoms with Crippen molar-refractivity contribution in [2.24, 2.45) is 17.8 Å². The Morgan fingerprint density at radius 2 is 1.15 bits per heavy atom. The van der Waals surface area contributed by atoms with Gasteiger partial charge in [-0.25, -0.2) is 0 Å². The summed E-state index contributed by atoms with van der Waals surface area (Å²) in [6.45, 7) is 20.7. The maximum Gasteiger partial charge on any atom is 0.202 e. The number of piperidine rings is 2. The molecule has 4 heteroatoms. The van der Waals surface area contributed by atoms with Crippen molar-refractivity contribution >= 4 is 11.6 Å². The molecule has 34 heavy (non-hydrogen) atoms. The maximum absolute atomic E-state index is 14.1. The number of carbonyl (C=O) groups excluding carboxylic acids is 2. The lowest BCUT2D eigenvalue weighted by Gasteiger charge is -2.61. The van der Waals surface area contributed by atoms with Gasteiger partial charge in [0.05, 0.1) is 0 Å². The van der Waals surface area contributed by atoms with Crippen LogP contribution in [-0.2, 0) is 9.59 Å². The largest absolute Gasteiger partial charge is 0.296 e. The van der Waals surface area contributed by atoms with E-state index in [1.54, 1.807) is 0 Å². The van der Waals surface area contributed by atoms with Crippen LogP contribution in [-0.4, -0.2) is 57.6 Å². The van der Waals surface area contributed by atoms with Crippen molar-refractivity contribution in [1.82, 2.24) is 9.80 Å². The van der Waals surface area contributed by atoms with Crippen LogP contribution in [0.2, 0.25) is 0 Å². The van der Waals surface area contributed by atoms with Gasteiger partial charge in [-0.15, -0.1) is 0 Å². The fourth-order valence-electron chi connectivity index (χ4n) is 7.20. The van der Waals surface area contributed by atoms with Crippen LogP contribution in [0.3, 0.4) is 0 Å². The number of likely N-dealkylation sites (tertiary alicyclic amines) is 2. The molecule has 2 atom stereocenters. The van der Waals surface area contributed by atoms with E-state index in [2.05, 4.69) is 86.2 Å². The number of rotatable bonds is 10. The van der Waals surface area contributed by atoms with Gasteiger partial charge in [-0.3, -0.25) is 19.4 Å². The number of carbonyl (C=O) groups is 2. The van der Waals surface area contributed by atoms with Crippen LogP contribution in [0.4, 0.5) is 0 Å². The monoisotopic (exact) mass is 476 g/mol. The molecule has 2 unspecified atom stereocenters. The Hall–Kier alpha value is -0.740. The molecule has 0 aromatic carbocycles. The molecule has 2 aliphatic heterocycles. The average molecular weight is 477 g/mol. The summed E-state index contributed by atoms with van der Waals surface area (Å²) in [5, 5.41) is 0. The zero-order chi connectivity index (χ0) is 26.1. The standard InChI is InChI=1S/C30H56N2O2/c1-12-13-14-15-16-17-24(33)26(34)25(22-18-20-27(2,3)31(10)29(22,6)7)23-19-21-28(4,5)32(11)30(23,8)9/h22-23,25H,12-21H2,1-11H3. The smallest absolute Gasteiger partial charge is 0.202 e. The normalized spacial score (nSPS) is 29.5. The number of unbranched alkanes of at least 4 members (excludes halogenated alkanes) is 4. The van der Waals surface area contributed by atoms with Crippen molar-refractivity contribution in [1.29, 1.82) is 0 Å². The Balaban J connectivity index is 2.40. The van der Waals surface area contributed by atoms with E-state index >= 15 is 0 Å². The van der Waals surface area contributed by atoms with E-state index < -0.39 is 0 Å². The van der Waals surface area contributed by atoms with E-state index in [9.17, 15) is 9.59 Å². The predicted molar refractivity (Wildman–Crippen MR) is 144 cm³/mol. The second-order valence-electron chi connectivity index (χ2n) is 13.8. The van der Waals surface area contributed by atoms with Gasteiger partial charge < -0.3 is 0 Å². The SMILES string of the molecule is CCCCCCCC(=O)C(=O)C(C1CCC(C)(C)N(C)C1(C)C)C1CCC(C)(C)N(C)C1(C)C. The third-order valence-electron chi connectivity index (χ3n) is 10.4. The second kappa shape index (κ2) is 10.7. The molecule has 0 aromatic heterocycles. The summed E-state index contributed by atoms with van der Waals surface area (Å²) in [6, 6.07) is 0. The van der Waals surface area contributed by atoms with E-state index in [0.29, 0.717) is 6.42 Å². The third kappa shape index (κ3) is 5.80. The van der Waals surface area contributed by atoms with Crippen LogP contribution in [0.25, 0.3) is 0 Å². The quantitative estimate of drug-likeness (QED) is 0.254. The number of Topliss-reactive ketones (excluding diaryl/α,β-unsaturated/α-hetero) is 2. The van der Waals surface area contributed by atoms with Gasteiger partial charge in [0.2, 0.25) is 5.78 Å². The molecule has 2 fully saturated rings. The molecule has 198 valence electrons. The first-order valence-electron chi connectivity index (χ1n) is 14.1. The summed E-state index contributed by atoms with van der Waals surface area (Å²) in [7, 11) is 4.43. The number of ketones is 2. The molecule has 0 aliphatic carbocycles. The zero-order valence-corrected chi connectivity index (χ0v) is 24.5. The molecule has 2 heterocycles. The molecule has 2 rings (SSSR count). The summed E-state index contributed by atoms with van der Waals surface area (Å²) < 4.78 is 0. The van der Waals surface area contributed by atoms with E-state index in [4.69, 9.17) is 0 Å². The van der Waals surface area contributed by atoms with Gasteiger partial charge >= 0.3 is 0 Å². The van der Waals surface area contributed by atoms with Gasteiger partial charge in [0.25, 0.3) is 0 Å². The molecule has 4 nitrogen and oxygen atoms in total. The molecular weight excluding hydrogens is 420 g/mol. The van der Waals surface area contributed by atoms with E-state index in [1.165, 1.54) is 12.8 Å². The molecule has 2 saturated heterocycles. The van der Waals surface area contributed by atoms with Gasteiger partial charge in [-0.2, -0.15) is 0 Å². The fourth-order valence-corrected chi connectivity index (χ4v) is 7.20. The highest BCUT2D eigenvalue weighted by Crippen LogP contribution is 2.52. The van der Waals surface area contributed by atoms with Gasteiger partial charge in [0, 0.05) is 34.5 Å². The van der Waals surface area contributed by atoms with E-state index in [-0.39, 0.29) is 51.5 Å². The van der Waals surface area contributed by atoms with Crippen molar-refractivity contribution in [3.8, 4) is 0 Å². The topological polar surface area (TPSA) is 40.6 Å². The highest BCUT2D eigenvalue weighted by Gasteiger charge is 2.56. The first-order chi connectivity index (χ1) is 15.5. The summed E-state index contributed by atoms with van der Waals surface area (Å²) in [6.07, 6.45) is 10.00. The van der Waals surface area contributed by atoms with Gasteiger partial charge in [0.1, 0.15) is 0 Å². The Labute approximate surface area is 211 Å². The molecule has 0 aromatic rings. The number of hydrogen-bond donors (Lipinski definition) is 0. The lowest BCUT2D eigenvalue weighted by atomic mass is 9.57. The summed E-state index contributed by atoms with van der Waals surface area (Å²) in [5.74, 6) is -0.0481. The predicted octanol–water partition coefficient (Wildman–Crippen LogP) is 6.90. The van der Waals surface area contributed by atoms with Crippen LogP contribution < -0.4 is 0 Å². The Morgan fingerprint density at radius 1 is 0.735 bits per heavy atom. The maximum atomic E-state index is 14.1. The van der Waals surface area contributed by atoms with Crippen LogP contribution in [0.15, 0.2) is 0 Å².